The summed E-state index contributed by atoms with van der Waals surface area (Å²) in [6.07, 6.45) is 14.0. The van der Waals surface area contributed by atoms with Gasteiger partial charge in [0.2, 0.25) is 0 Å². The van der Waals surface area contributed by atoms with Crippen LogP contribution in [-0.2, 0) is 29.6 Å². The van der Waals surface area contributed by atoms with E-state index < -0.39 is 15.6 Å². The quantitative estimate of drug-likeness (QED) is 0.255. The van der Waals surface area contributed by atoms with Gasteiger partial charge in [0.25, 0.3) is 0 Å². The maximum Gasteiger partial charge on any atom is 0.522 e. The molecule has 0 aliphatic heterocycles. The first-order valence-electron chi connectivity index (χ1n) is 6.60. The van der Waals surface area contributed by atoms with E-state index in [0.717, 1.165) is 0 Å². The number of hydrogen-bond acceptors (Lipinski definition) is 2. The number of hydrogen-bond donors (Lipinski definition) is 1. The molecule has 3 nitrogen and oxygen atoms in total. The summed E-state index contributed by atoms with van der Waals surface area (Å²) in [6, 6.07) is 12.0. The van der Waals surface area contributed by atoms with Gasteiger partial charge in [0.1, 0.15) is 0 Å². The molecule has 1 aromatic carbocycles. The minimum absolute atomic E-state index is 0. The number of rotatable bonds is 0. The summed E-state index contributed by atoms with van der Waals surface area (Å²) in [5.41, 5.74) is -5.53. The van der Waals surface area contributed by atoms with Crippen molar-refractivity contribution in [3.63, 3.8) is 0 Å². The van der Waals surface area contributed by atoms with E-state index in [2.05, 4.69) is 24.3 Å². The summed E-state index contributed by atoms with van der Waals surface area (Å²) < 4.78 is 57.5. The predicted octanol–water partition coefficient (Wildman–Crippen LogP) is 4.81. The second kappa shape index (κ2) is 16.0. The van der Waals surface area contributed by atoms with E-state index in [1.165, 1.54) is 25.7 Å². The third kappa shape index (κ3) is 17.8. The number of halogens is 3. The zero-order valence-corrected chi connectivity index (χ0v) is 16.8. The normalized spacial score (nSPS) is 13.3. The summed E-state index contributed by atoms with van der Waals surface area (Å²) in [7, 11) is -5.84. The van der Waals surface area contributed by atoms with Crippen molar-refractivity contribution in [2.45, 2.75) is 31.2 Å². The zero-order chi connectivity index (χ0) is 16.9. The minimum atomic E-state index is -5.84. The Morgan fingerprint density at radius 2 is 1.04 bits per heavy atom. The van der Waals surface area contributed by atoms with Crippen LogP contribution in [-0.4, -0.2) is 18.5 Å². The molecular formula is C15H22F3O3PRhS. The van der Waals surface area contributed by atoms with E-state index in [1.807, 2.05) is 36.4 Å². The number of allylic oxidation sites excluding steroid dienone is 4. The molecule has 1 radical (unpaired) electrons. The Labute approximate surface area is 157 Å². The average molecular weight is 473 g/mol. The van der Waals surface area contributed by atoms with Crippen LogP contribution in [0.3, 0.4) is 0 Å². The largest absolute Gasteiger partial charge is 0.522 e. The molecule has 0 amide bonds. The predicted molar refractivity (Wildman–Crippen MR) is 91.9 cm³/mol. The van der Waals surface area contributed by atoms with Gasteiger partial charge in [-0.3, -0.25) is 4.55 Å². The molecule has 0 saturated heterocycles. The Bertz CT molecular complexity index is 506. The van der Waals surface area contributed by atoms with E-state index in [-0.39, 0.29) is 29.4 Å². The monoisotopic (exact) mass is 473 g/mol. The Balaban J connectivity index is -0.000000267. The van der Waals surface area contributed by atoms with Gasteiger partial charge < -0.3 is 0 Å². The SMILES string of the molecule is C1=CCCCCC=C1.O=S(=O)(O)C(F)(F)F.P.[Rh].c1ccccc1. The molecule has 0 aromatic heterocycles. The van der Waals surface area contributed by atoms with Crippen molar-refractivity contribution in [1.82, 2.24) is 0 Å². The van der Waals surface area contributed by atoms with Gasteiger partial charge in [-0.15, -0.1) is 0 Å². The third-order valence-electron chi connectivity index (χ3n) is 2.33. The molecule has 1 aliphatic rings. The summed E-state index contributed by atoms with van der Waals surface area (Å²) in [5.74, 6) is 0. The van der Waals surface area contributed by atoms with E-state index in [4.69, 9.17) is 13.0 Å². The molecule has 2 rings (SSSR count). The maximum atomic E-state index is 10.7. The van der Waals surface area contributed by atoms with Gasteiger partial charge in [-0.1, -0.05) is 60.7 Å². The van der Waals surface area contributed by atoms with E-state index in [9.17, 15) is 13.2 Å². The minimum Gasteiger partial charge on any atom is -0.279 e. The molecule has 1 N–H and O–H groups in total. The van der Waals surface area contributed by atoms with Crippen molar-refractivity contribution < 1.29 is 45.6 Å². The van der Waals surface area contributed by atoms with Crippen LogP contribution in [0.1, 0.15) is 25.7 Å². The fraction of sp³-hybridized carbons (Fsp3) is 0.333. The van der Waals surface area contributed by atoms with Gasteiger partial charge >= 0.3 is 15.6 Å². The van der Waals surface area contributed by atoms with Crippen LogP contribution in [0.4, 0.5) is 13.2 Å². The molecule has 9 heteroatoms. The van der Waals surface area contributed by atoms with Crippen LogP contribution < -0.4 is 0 Å². The maximum absolute atomic E-state index is 10.7. The summed E-state index contributed by atoms with van der Waals surface area (Å²) in [5, 5.41) is 0. The van der Waals surface area contributed by atoms with Gasteiger partial charge in [-0.05, 0) is 25.7 Å². The smallest absolute Gasteiger partial charge is 0.279 e. The zero-order valence-electron chi connectivity index (χ0n) is 12.9. The van der Waals surface area contributed by atoms with Crippen LogP contribution in [0, 0.1) is 0 Å². The third-order valence-corrected chi connectivity index (χ3v) is 2.92. The first-order chi connectivity index (χ1) is 10.2. The van der Waals surface area contributed by atoms with Crippen LogP contribution >= 0.6 is 9.90 Å². The molecule has 24 heavy (non-hydrogen) atoms. The van der Waals surface area contributed by atoms with Crippen molar-refractivity contribution in [1.29, 1.82) is 0 Å². The average Bonchev–Trinajstić information content (AvgIpc) is 2.39. The van der Waals surface area contributed by atoms with Gasteiger partial charge in [0, 0.05) is 19.5 Å². The number of benzene rings is 1. The van der Waals surface area contributed by atoms with Gasteiger partial charge in [-0.2, -0.15) is 31.5 Å². The fourth-order valence-corrected chi connectivity index (χ4v) is 1.26. The Hall–Kier alpha value is -0.547. The molecular weight excluding hydrogens is 451 g/mol. The molecule has 0 fully saturated rings. The molecule has 1 atom stereocenters. The molecule has 1 unspecified atom stereocenters. The van der Waals surface area contributed by atoms with E-state index in [1.54, 1.807) is 0 Å². The van der Waals surface area contributed by atoms with Crippen LogP contribution in [0.2, 0.25) is 0 Å². The molecule has 0 saturated carbocycles. The van der Waals surface area contributed by atoms with Crippen LogP contribution in [0.15, 0.2) is 60.7 Å². The van der Waals surface area contributed by atoms with Crippen LogP contribution in [0.5, 0.6) is 0 Å². The first kappa shape index (κ1) is 28.3. The number of alkyl halides is 3. The molecule has 0 heterocycles. The van der Waals surface area contributed by atoms with Crippen molar-refractivity contribution in [2.24, 2.45) is 0 Å². The topological polar surface area (TPSA) is 54.4 Å². The Morgan fingerprint density at radius 1 is 0.792 bits per heavy atom. The summed E-state index contributed by atoms with van der Waals surface area (Å²) in [4.78, 5) is 0. The molecule has 141 valence electrons. The Morgan fingerprint density at radius 3 is 1.25 bits per heavy atom. The van der Waals surface area contributed by atoms with Crippen molar-refractivity contribution in [3.05, 3.63) is 60.7 Å². The molecule has 0 spiro atoms. The van der Waals surface area contributed by atoms with Crippen molar-refractivity contribution >= 4 is 20.0 Å². The molecule has 0 bridgehead atoms. The second-order valence-corrected chi connectivity index (χ2v) is 5.63. The standard InChI is InChI=1S/C8H12.C6H6.CHF3O3S.H3P.Rh/c1-2-4-6-8-7-5-3-1;1-2-4-6-5-3-1;2-1(3,4)8(5,6)7;;/h1-4H,5-8H2;1-6H;(H,5,6,7);1H3;. The summed E-state index contributed by atoms with van der Waals surface area (Å²) >= 11 is 0. The van der Waals surface area contributed by atoms with Gasteiger partial charge in [0.05, 0.1) is 0 Å². The van der Waals surface area contributed by atoms with Gasteiger partial charge in [-0.25, -0.2) is 0 Å². The van der Waals surface area contributed by atoms with Crippen LogP contribution in [0.25, 0.3) is 0 Å². The second-order valence-electron chi connectivity index (χ2n) is 4.22. The fourth-order valence-electron chi connectivity index (χ4n) is 1.26. The summed E-state index contributed by atoms with van der Waals surface area (Å²) in [6.45, 7) is 0. The Kier molecular flexibility index (Phi) is 18.8. The molecule has 1 aliphatic carbocycles. The first-order valence-corrected chi connectivity index (χ1v) is 8.04. The van der Waals surface area contributed by atoms with Crippen molar-refractivity contribution in [3.8, 4) is 0 Å². The molecule has 1 aromatic rings. The van der Waals surface area contributed by atoms with Gasteiger partial charge in [0.15, 0.2) is 0 Å². The van der Waals surface area contributed by atoms with E-state index in [0.29, 0.717) is 0 Å². The van der Waals surface area contributed by atoms with E-state index >= 15 is 0 Å². The van der Waals surface area contributed by atoms with Crippen molar-refractivity contribution in [2.75, 3.05) is 0 Å².